The van der Waals surface area contributed by atoms with Gasteiger partial charge in [0, 0.05) is 10.4 Å². The molecule has 1 aromatic heterocycles. The lowest BCUT2D eigenvalue weighted by Crippen LogP contribution is -2.17. The number of amides is 1. The van der Waals surface area contributed by atoms with Crippen LogP contribution < -0.4 is 5.43 Å². The molecule has 98 valence electrons. The number of aryl methyl sites for hydroxylation is 1. The van der Waals surface area contributed by atoms with Crippen molar-refractivity contribution in [3.05, 3.63) is 44.9 Å². The Labute approximate surface area is 118 Å². The number of hydrazone groups is 1. The van der Waals surface area contributed by atoms with Crippen molar-refractivity contribution in [2.24, 2.45) is 5.10 Å². The lowest BCUT2D eigenvalue weighted by molar-refractivity contribution is 0.0952. The van der Waals surface area contributed by atoms with Crippen LogP contribution in [0.1, 0.15) is 21.1 Å². The molecule has 0 fully saturated rings. The monoisotopic (exact) mass is 295 g/mol. The number of hydrogen-bond donors (Lipinski definition) is 2. The number of nitrogens with one attached hydrogen (secondary N) is 1. The number of benzene rings is 1. The van der Waals surface area contributed by atoms with Gasteiger partial charge >= 0.3 is 0 Å². The van der Waals surface area contributed by atoms with E-state index < -0.39 is 5.91 Å². The molecule has 0 aliphatic rings. The first-order chi connectivity index (χ1) is 9.06. The predicted octanol–water partition coefficient (Wildman–Crippen LogP) is 2.57. The molecule has 19 heavy (non-hydrogen) atoms. The highest BCUT2D eigenvalue weighted by Gasteiger charge is 2.10. The van der Waals surface area contributed by atoms with Gasteiger partial charge in [0.1, 0.15) is 5.75 Å². The second kappa shape index (κ2) is 5.81. The number of thiazole rings is 1. The number of carbonyl (C=O) groups is 1. The van der Waals surface area contributed by atoms with E-state index in [0.717, 1.165) is 5.01 Å². The van der Waals surface area contributed by atoms with Gasteiger partial charge in [0.2, 0.25) is 0 Å². The zero-order valence-corrected chi connectivity index (χ0v) is 11.5. The molecule has 7 heteroatoms. The summed E-state index contributed by atoms with van der Waals surface area (Å²) in [5, 5.41) is 16.4. The highest BCUT2D eigenvalue weighted by molar-refractivity contribution is 7.09. The van der Waals surface area contributed by atoms with Gasteiger partial charge in [-0.25, -0.2) is 10.4 Å². The number of nitrogens with zero attached hydrogens (tertiary/aromatic N) is 2. The number of phenolic OH excluding ortho intramolecular Hbond substituents is 1. The minimum absolute atomic E-state index is 0.0686. The van der Waals surface area contributed by atoms with E-state index in [4.69, 9.17) is 11.6 Å². The SMILES string of the molecule is Cc1nc(/C=N\NC(=O)c2cc(Cl)ccc2O)cs1. The maximum Gasteiger partial charge on any atom is 0.275 e. The Hall–Kier alpha value is -1.92. The summed E-state index contributed by atoms with van der Waals surface area (Å²) in [6, 6.07) is 4.22. The Balaban J connectivity index is 2.05. The number of carbonyl (C=O) groups excluding carboxylic acids is 1. The number of rotatable bonds is 3. The fraction of sp³-hybridized carbons (Fsp3) is 0.0833. The summed E-state index contributed by atoms with van der Waals surface area (Å²) < 4.78 is 0. The average Bonchev–Trinajstić information content (AvgIpc) is 2.78. The van der Waals surface area contributed by atoms with Gasteiger partial charge in [-0.1, -0.05) is 11.6 Å². The second-order valence-corrected chi connectivity index (χ2v) is 5.15. The molecule has 0 aliphatic heterocycles. The van der Waals surface area contributed by atoms with Crippen molar-refractivity contribution in [2.75, 3.05) is 0 Å². The lowest BCUT2D eigenvalue weighted by atomic mass is 10.2. The Morgan fingerprint density at radius 2 is 2.37 bits per heavy atom. The van der Waals surface area contributed by atoms with E-state index in [-0.39, 0.29) is 11.3 Å². The van der Waals surface area contributed by atoms with Crippen molar-refractivity contribution >= 4 is 35.1 Å². The fourth-order valence-electron chi connectivity index (χ4n) is 1.35. The standard InChI is InChI=1S/C12H10ClN3O2S/c1-7-15-9(6-19-7)5-14-16-12(18)10-4-8(13)2-3-11(10)17/h2-6,17H,1H3,(H,16,18)/b14-5-. The van der Waals surface area contributed by atoms with E-state index in [9.17, 15) is 9.90 Å². The van der Waals surface area contributed by atoms with E-state index in [1.54, 1.807) is 0 Å². The van der Waals surface area contributed by atoms with Gasteiger partial charge in [-0.2, -0.15) is 5.10 Å². The first kappa shape index (κ1) is 13.5. The summed E-state index contributed by atoms with van der Waals surface area (Å²) in [4.78, 5) is 15.9. The lowest BCUT2D eigenvalue weighted by Gasteiger charge is -2.02. The number of aromatic nitrogens is 1. The van der Waals surface area contributed by atoms with E-state index >= 15 is 0 Å². The largest absolute Gasteiger partial charge is 0.507 e. The molecule has 0 saturated carbocycles. The first-order valence-electron chi connectivity index (χ1n) is 5.30. The van der Waals surface area contributed by atoms with Crippen molar-refractivity contribution in [3.8, 4) is 5.75 Å². The summed E-state index contributed by atoms with van der Waals surface area (Å²) in [7, 11) is 0. The predicted molar refractivity (Wildman–Crippen MR) is 75.0 cm³/mol. The van der Waals surface area contributed by atoms with Crippen LogP contribution in [0.25, 0.3) is 0 Å². The molecule has 5 nitrogen and oxygen atoms in total. The van der Waals surface area contributed by atoms with Gasteiger partial charge < -0.3 is 5.11 Å². The summed E-state index contributed by atoms with van der Waals surface area (Å²) in [5.74, 6) is -0.690. The maximum absolute atomic E-state index is 11.8. The zero-order valence-electron chi connectivity index (χ0n) is 9.92. The third kappa shape index (κ3) is 3.52. The van der Waals surface area contributed by atoms with Crippen LogP contribution in [0.3, 0.4) is 0 Å². The van der Waals surface area contributed by atoms with Crippen LogP contribution in [0.2, 0.25) is 5.02 Å². The fourth-order valence-corrected chi connectivity index (χ4v) is 2.08. The molecule has 1 heterocycles. The quantitative estimate of drug-likeness (QED) is 0.675. The molecule has 0 saturated heterocycles. The summed E-state index contributed by atoms with van der Waals surface area (Å²) >= 11 is 7.25. The number of halogens is 1. The molecule has 1 amide bonds. The molecular formula is C12H10ClN3O2S. The van der Waals surface area contributed by atoms with Crippen LogP contribution in [0, 0.1) is 6.92 Å². The van der Waals surface area contributed by atoms with Gasteiger partial charge in [0.15, 0.2) is 0 Å². The third-order valence-corrected chi connectivity index (χ3v) is 3.23. The summed E-state index contributed by atoms with van der Waals surface area (Å²) in [6.07, 6.45) is 1.43. The minimum atomic E-state index is -0.539. The zero-order chi connectivity index (χ0) is 13.8. The summed E-state index contributed by atoms with van der Waals surface area (Å²) in [6.45, 7) is 1.88. The average molecular weight is 296 g/mol. The van der Waals surface area contributed by atoms with Crippen LogP contribution >= 0.6 is 22.9 Å². The molecule has 2 N–H and O–H groups in total. The van der Waals surface area contributed by atoms with Crippen LogP contribution in [0.5, 0.6) is 5.75 Å². The van der Waals surface area contributed by atoms with E-state index in [1.807, 2.05) is 12.3 Å². The smallest absolute Gasteiger partial charge is 0.275 e. The van der Waals surface area contributed by atoms with E-state index in [0.29, 0.717) is 10.7 Å². The van der Waals surface area contributed by atoms with Gasteiger partial charge in [-0.3, -0.25) is 4.79 Å². The third-order valence-electron chi connectivity index (χ3n) is 2.20. The molecule has 0 unspecified atom stereocenters. The second-order valence-electron chi connectivity index (χ2n) is 3.65. The topological polar surface area (TPSA) is 74.6 Å². The molecule has 0 atom stereocenters. The van der Waals surface area contributed by atoms with Crippen LogP contribution in [0.4, 0.5) is 0 Å². The van der Waals surface area contributed by atoms with E-state index in [2.05, 4.69) is 15.5 Å². The molecule has 0 spiro atoms. The molecule has 0 radical (unpaired) electrons. The molecular weight excluding hydrogens is 286 g/mol. The van der Waals surface area contributed by atoms with Gasteiger partial charge in [-0.05, 0) is 25.1 Å². The minimum Gasteiger partial charge on any atom is -0.507 e. The van der Waals surface area contributed by atoms with Crippen LogP contribution in [0.15, 0.2) is 28.7 Å². The Kier molecular flexibility index (Phi) is 4.13. The van der Waals surface area contributed by atoms with Gasteiger partial charge in [0.05, 0.1) is 22.5 Å². The van der Waals surface area contributed by atoms with E-state index in [1.165, 1.54) is 35.8 Å². The highest BCUT2D eigenvalue weighted by Crippen LogP contribution is 2.21. The van der Waals surface area contributed by atoms with Gasteiger partial charge in [-0.15, -0.1) is 11.3 Å². The van der Waals surface area contributed by atoms with Gasteiger partial charge in [0.25, 0.3) is 5.91 Å². The van der Waals surface area contributed by atoms with Crippen molar-refractivity contribution < 1.29 is 9.90 Å². The van der Waals surface area contributed by atoms with Crippen molar-refractivity contribution in [1.82, 2.24) is 10.4 Å². The Morgan fingerprint density at radius 3 is 3.05 bits per heavy atom. The molecule has 0 aliphatic carbocycles. The van der Waals surface area contributed by atoms with Crippen LogP contribution in [-0.4, -0.2) is 22.2 Å². The molecule has 2 aromatic rings. The van der Waals surface area contributed by atoms with Crippen LogP contribution in [-0.2, 0) is 0 Å². The van der Waals surface area contributed by atoms with Crippen molar-refractivity contribution in [2.45, 2.75) is 6.92 Å². The summed E-state index contributed by atoms with van der Waals surface area (Å²) in [5.41, 5.74) is 3.03. The normalized spacial score (nSPS) is 10.8. The van der Waals surface area contributed by atoms with Crippen molar-refractivity contribution in [3.63, 3.8) is 0 Å². The number of hydrogen-bond acceptors (Lipinski definition) is 5. The maximum atomic E-state index is 11.8. The molecule has 1 aromatic carbocycles. The molecule has 2 rings (SSSR count). The Morgan fingerprint density at radius 1 is 1.58 bits per heavy atom. The first-order valence-corrected chi connectivity index (χ1v) is 6.56. The number of phenols is 1. The van der Waals surface area contributed by atoms with Crippen molar-refractivity contribution in [1.29, 1.82) is 0 Å². The molecule has 0 bridgehead atoms. The number of aromatic hydroxyl groups is 1. The Bertz CT molecular complexity index is 640. The highest BCUT2D eigenvalue weighted by atomic mass is 35.5.